The molecular formula is C27H32ClN5O4. The Hall–Kier alpha value is -3.14. The zero-order valence-corrected chi connectivity index (χ0v) is 21.6. The SMILES string of the molecule is Cc1ncoc1COc1ccc2c(c1Cl)CCN(C[C@@H](O)Cc1c(C(N)=O)ccnc1NC1CCC1)C2. The fourth-order valence-electron chi connectivity index (χ4n) is 4.92. The molecule has 10 heteroatoms. The Labute approximate surface area is 221 Å². The molecule has 1 aliphatic carbocycles. The first-order valence-electron chi connectivity index (χ1n) is 12.7. The van der Waals surface area contributed by atoms with E-state index in [1.54, 1.807) is 12.3 Å². The number of nitrogens with zero attached hydrogens (tertiary/aromatic N) is 3. The average Bonchev–Trinajstić information content (AvgIpc) is 3.26. The van der Waals surface area contributed by atoms with Crippen LogP contribution in [0, 0.1) is 6.92 Å². The fourth-order valence-corrected chi connectivity index (χ4v) is 5.26. The summed E-state index contributed by atoms with van der Waals surface area (Å²) >= 11 is 6.69. The van der Waals surface area contributed by atoms with Gasteiger partial charge < -0.3 is 25.3 Å². The van der Waals surface area contributed by atoms with E-state index in [2.05, 4.69) is 20.2 Å². The van der Waals surface area contributed by atoms with Crippen LogP contribution in [-0.4, -0.2) is 51.1 Å². The van der Waals surface area contributed by atoms with Crippen LogP contribution < -0.4 is 15.8 Å². The van der Waals surface area contributed by atoms with Crippen molar-refractivity contribution in [3.8, 4) is 5.75 Å². The minimum Gasteiger partial charge on any atom is -0.484 e. The van der Waals surface area contributed by atoms with Gasteiger partial charge in [0.15, 0.2) is 12.2 Å². The summed E-state index contributed by atoms with van der Waals surface area (Å²) in [5.41, 5.74) is 9.69. The van der Waals surface area contributed by atoms with E-state index >= 15 is 0 Å². The molecule has 1 saturated carbocycles. The van der Waals surface area contributed by atoms with Crippen LogP contribution in [0.4, 0.5) is 5.82 Å². The average molecular weight is 526 g/mol. The van der Waals surface area contributed by atoms with Crippen molar-refractivity contribution in [3.05, 3.63) is 69.5 Å². The Balaban J connectivity index is 1.23. The maximum Gasteiger partial charge on any atom is 0.249 e. The summed E-state index contributed by atoms with van der Waals surface area (Å²) in [4.78, 5) is 22.8. The summed E-state index contributed by atoms with van der Waals surface area (Å²) in [5, 5.41) is 15.0. The Morgan fingerprint density at radius 3 is 2.89 bits per heavy atom. The van der Waals surface area contributed by atoms with Crippen molar-refractivity contribution < 1.29 is 19.1 Å². The zero-order valence-electron chi connectivity index (χ0n) is 20.9. The molecule has 37 heavy (non-hydrogen) atoms. The van der Waals surface area contributed by atoms with Gasteiger partial charge in [-0.15, -0.1) is 0 Å². The van der Waals surface area contributed by atoms with Crippen LogP contribution in [-0.2, 0) is 26.0 Å². The van der Waals surface area contributed by atoms with Gasteiger partial charge in [0, 0.05) is 49.4 Å². The molecule has 0 saturated heterocycles. The summed E-state index contributed by atoms with van der Waals surface area (Å²) in [6, 6.07) is 5.87. The number of aromatic nitrogens is 2. The molecule has 1 atom stereocenters. The number of β-amino-alcohol motifs (C(OH)–C–C–N with tert-alkyl or cyclic N) is 1. The van der Waals surface area contributed by atoms with Crippen molar-refractivity contribution in [2.45, 2.75) is 64.3 Å². The number of carbonyl (C=O) groups is 1. The van der Waals surface area contributed by atoms with Crippen LogP contribution in [0.3, 0.4) is 0 Å². The molecular weight excluding hydrogens is 494 g/mol. The van der Waals surface area contributed by atoms with Crippen molar-refractivity contribution in [1.82, 2.24) is 14.9 Å². The summed E-state index contributed by atoms with van der Waals surface area (Å²) < 4.78 is 11.2. The highest BCUT2D eigenvalue weighted by Crippen LogP contribution is 2.35. The number of hydrogen-bond donors (Lipinski definition) is 3. The van der Waals surface area contributed by atoms with E-state index in [1.165, 1.54) is 12.8 Å². The summed E-state index contributed by atoms with van der Waals surface area (Å²) in [6.07, 6.45) is 6.67. The molecule has 5 rings (SSSR count). The van der Waals surface area contributed by atoms with Gasteiger partial charge in [0.05, 0.1) is 16.8 Å². The number of carbonyl (C=O) groups excluding carboxylic acids is 1. The van der Waals surface area contributed by atoms with Crippen LogP contribution in [0.15, 0.2) is 35.2 Å². The van der Waals surface area contributed by atoms with Gasteiger partial charge in [-0.3, -0.25) is 9.69 Å². The third-order valence-electron chi connectivity index (χ3n) is 7.26. The van der Waals surface area contributed by atoms with Gasteiger partial charge in [-0.2, -0.15) is 0 Å². The molecule has 2 aliphatic rings. The van der Waals surface area contributed by atoms with Gasteiger partial charge in [-0.05, 0) is 55.9 Å². The molecule has 0 unspecified atom stereocenters. The number of primary amides is 1. The largest absolute Gasteiger partial charge is 0.484 e. The van der Waals surface area contributed by atoms with E-state index in [0.29, 0.717) is 59.0 Å². The number of anilines is 1. The van der Waals surface area contributed by atoms with E-state index in [4.69, 9.17) is 26.5 Å². The third-order valence-corrected chi connectivity index (χ3v) is 7.67. The van der Waals surface area contributed by atoms with Crippen molar-refractivity contribution in [2.24, 2.45) is 5.73 Å². The normalized spacial score (nSPS) is 16.6. The lowest BCUT2D eigenvalue weighted by atomic mass is 9.92. The number of aliphatic hydroxyl groups excluding tert-OH is 1. The molecule has 1 aromatic carbocycles. The van der Waals surface area contributed by atoms with Crippen molar-refractivity contribution in [2.75, 3.05) is 18.4 Å². The number of amides is 1. The summed E-state index contributed by atoms with van der Waals surface area (Å²) in [5.74, 6) is 1.42. The third kappa shape index (κ3) is 5.74. The topological polar surface area (TPSA) is 127 Å². The van der Waals surface area contributed by atoms with Crippen molar-refractivity contribution in [1.29, 1.82) is 0 Å². The molecule has 3 heterocycles. The number of aryl methyl sites for hydroxylation is 1. The molecule has 196 valence electrons. The lowest BCUT2D eigenvalue weighted by molar-refractivity contribution is 0.0989. The predicted octanol–water partition coefficient (Wildman–Crippen LogP) is 3.64. The number of nitrogens with two attached hydrogens (primary N) is 1. The Morgan fingerprint density at radius 2 is 2.19 bits per heavy atom. The van der Waals surface area contributed by atoms with Crippen molar-refractivity contribution >= 4 is 23.3 Å². The van der Waals surface area contributed by atoms with Crippen LogP contribution in [0.25, 0.3) is 0 Å². The molecule has 1 fully saturated rings. The first-order valence-corrected chi connectivity index (χ1v) is 13.0. The van der Waals surface area contributed by atoms with E-state index in [0.717, 1.165) is 42.6 Å². The molecule has 1 aliphatic heterocycles. The lowest BCUT2D eigenvalue weighted by Gasteiger charge is -2.32. The highest BCUT2D eigenvalue weighted by Gasteiger charge is 2.26. The second-order valence-electron chi connectivity index (χ2n) is 9.83. The number of halogens is 1. The molecule has 0 spiro atoms. The molecule has 3 aromatic rings. The van der Waals surface area contributed by atoms with Gasteiger partial charge in [0.2, 0.25) is 5.91 Å². The van der Waals surface area contributed by atoms with Gasteiger partial charge in [0.25, 0.3) is 0 Å². The first-order chi connectivity index (χ1) is 17.9. The molecule has 0 radical (unpaired) electrons. The molecule has 1 amide bonds. The van der Waals surface area contributed by atoms with E-state index in [9.17, 15) is 9.90 Å². The lowest BCUT2D eigenvalue weighted by Crippen LogP contribution is -2.38. The van der Waals surface area contributed by atoms with Crippen LogP contribution in [0.1, 0.15) is 57.8 Å². The maximum atomic E-state index is 12.1. The number of fused-ring (bicyclic) bond motifs is 1. The van der Waals surface area contributed by atoms with Gasteiger partial charge in [0.1, 0.15) is 18.2 Å². The van der Waals surface area contributed by atoms with Crippen LogP contribution >= 0.6 is 11.6 Å². The number of hydrogen-bond acceptors (Lipinski definition) is 8. The van der Waals surface area contributed by atoms with Crippen LogP contribution in [0.5, 0.6) is 5.75 Å². The fraction of sp³-hybridized carbons (Fsp3) is 0.444. The molecule has 0 bridgehead atoms. The number of oxazole rings is 1. The van der Waals surface area contributed by atoms with Gasteiger partial charge >= 0.3 is 0 Å². The second-order valence-corrected chi connectivity index (χ2v) is 10.2. The molecule has 4 N–H and O–H groups in total. The van der Waals surface area contributed by atoms with E-state index in [1.807, 2.05) is 19.1 Å². The predicted molar refractivity (Wildman–Crippen MR) is 140 cm³/mol. The smallest absolute Gasteiger partial charge is 0.249 e. The highest BCUT2D eigenvalue weighted by atomic mass is 35.5. The van der Waals surface area contributed by atoms with Crippen LogP contribution in [0.2, 0.25) is 5.02 Å². The van der Waals surface area contributed by atoms with Crippen molar-refractivity contribution in [3.63, 3.8) is 0 Å². The number of rotatable bonds is 10. The number of benzene rings is 1. The minimum atomic E-state index is -0.686. The number of ether oxygens (including phenoxy) is 1. The number of nitrogens with one attached hydrogen (secondary N) is 1. The number of aliphatic hydroxyl groups is 1. The Bertz CT molecular complexity index is 1280. The second kappa shape index (κ2) is 11.1. The monoisotopic (exact) mass is 525 g/mol. The quantitative estimate of drug-likeness (QED) is 0.366. The molecule has 9 nitrogen and oxygen atoms in total. The minimum absolute atomic E-state index is 0.266. The standard InChI is InChI=1S/C27H32ClN5O4/c1-16-24(37-15-31-16)14-36-23-6-5-17-12-33(10-8-20(17)25(23)28)13-19(34)11-22-21(26(29)35)7-9-30-27(22)32-18-3-2-4-18/h5-7,9,15,18-19,34H,2-4,8,10-14H2,1H3,(H2,29,35)(H,30,32)/t19-/m0/s1. The number of pyridine rings is 1. The Kier molecular flexibility index (Phi) is 7.64. The first kappa shape index (κ1) is 25.5. The van der Waals surface area contributed by atoms with E-state index in [-0.39, 0.29) is 6.61 Å². The summed E-state index contributed by atoms with van der Waals surface area (Å²) in [6.45, 7) is 4.00. The highest BCUT2D eigenvalue weighted by molar-refractivity contribution is 6.33. The summed E-state index contributed by atoms with van der Waals surface area (Å²) in [7, 11) is 0. The van der Waals surface area contributed by atoms with Gasteiger partial charge in [-0.25, -0.2) is 9.97 Å². The zero-order chi connectivity index (χ0) is 25.9. The van der Waals surface area contributed by atoms with E-state index < -0.39 is 12.0 Å². The maximum absolute atomic E-state index is 12.1. The van der Waals surface area contributed by atoms with Gasteiger partial charge in [-0.1, -0.05) is 17.7 Å². The molecule has 2 aromatic heterocycles. The Morgan fingerprint density at radius 1 is 1.35 bits per heavy atom.